The zero-order valence-corrected chi connectivity index (χ0v) is 10.6. The molecule has 0 saturated heterocycles. The lowest BCUT2D eigenvalue weighted by atomic mass is 10.5. The van der Waals surface area contributed by atoms with Crippen LogP contribution in [0.4, 0.5) is 0 Å². The Morgan fingerprint density at radius 3 is 1.43 bits per heavy atom. The van der Waals surface area contributed by atoms with Gasteiger partial charge in [-0.1, -0.05) is 0 Å². The van der Waals surface area contributed by atoms with Crippen LogP contribution in [-0.2, 0) is 23.0 Å². The van der Waals surface area contributed by atoms with E-state index >= 15 is 0 Å². The van der Waals surface area contributed by atoms with E-state index in [0.29, 0.717) is 0 Å². The van der Waals surface area contributed by atoms with Gasteiger partial charge in [0.05, 0.1) is 0 Å². The molecule has 5 nitrogen and oxygen atoms in total. The van der Waals surface area contributed by atoms with Crippen LogP contribution < -0.4 is 0 Å². The van der Waals surface area contributed by atoms with Gasteiger partial charge in [0.15, 0.2) is 20.5 Å². The SMILES string of the molecule is CP(C)(=O)OCC(=O)COP(C)(C)=O. The van der Waals surface area contributed by atoms with Crippen molar-refractivity contribution >= 4 is 20.5 Å². The lowest BCUT2D eigenvalue weighted by Gasteiger charge is -2.09. The number of ketones is 1. The van der Waals surface area contributed by atoms with Crippen molar-refractivity contribution in [1.82, 2.24) is 0 Å². The average molecular weight is 242 g/mol. The van der Waals surface area contributed by atoms with Crippen molar-refractivity contribution in [3.05, 3.63) is 0 Å². The molecule has 0 rings (SSSR count). The van der Waals surface area contributed by atoms with Crippen molar-refractivity contribution in [1.29, 1.82) is 0 Å². The first-order chi connectivity index (χ1) is 6.10. The van der Waals surface area contributed by atoms with Gasteiger partial charge in [-0.2, -0.15) is 0 Å². The predicted molar refractivity (Wildman–Crippen MR) is 55.8 cm³/mol. The zero-order chi connectivity index (χ0) is 11.4. The molecule has 0 aliphatic carbocycles. The van der Waals surface area contributed by atoms with Crippen LogP contribution in [0.2, 0.25) is 0 Å². The zero-order valence-electron chi connectivity index (χ0n) is 8.85. The van der Waals surface area contributed by atoms with E-state index in [-0.39, 0.29) is 19.0 Å². The highest BCUT2D eigenvalue weighted by Gasteiger charge is 2.14. The fourth-order valence-electron chi connectivity index (χ4n) is 0.497. The Labute approximate surface area is 84.1 Å². The number of rotatable bonds is 6. The van der Waals surface area contributed by atoms with Gasteiger partial charge in [-0.15, -0.1) is 0 Å². The van der Waals surface area contributed by atoms with Crippen LogP contribution in [0.5, 0.6) is 0 Å². The second-order valence-electron chi connectivity index (χ2n) is 3.59. The summed E-state index contributed by atoms with van der Waals surface area (Å²) < 4.78 is 31.7. The molecule has 0 unspecified atom stereocenters. The highest BCUT2D eigenvalue weighted by molar-refractivity contribution is 7.57. The maximum absolute atomic E-state index is 11.1. The van der Waals surface area contributed by atoms with Gasteiger partial charge in [-0.3, -0.25) is 13.9 Å². The van der Waals surface area contributed by atoms with E-state index in [9.17, 15) is 13.9 Å². The lowest BCUT2D eigenvalue weighted by molar-refractivity contribution is -0.122. The Kier molecular flexibility index (Phi) is 5.24. The summed E-state index contributed by atoms with van der Waals surface area (Å²) >= 11 is 0. The first kappa shape index (κ1) is 14.1. The van der Waals surface area contributed by atoms with Crippen LogP contribution in [0.25, 0.3) is 0 Å². The topological polar surface area (TPSA) is 69.7 Å². The minimum absolute atomic E-state index is 0.260. The van der Waals surface area contributed by atoms with Crippen molar-refractivity contribution in [2.45, 2.75) is 0 Å². The summed E-state index contributed by atoms with van der Waals surface area (Å²) in [6.45, 7) is 5.17. The Morgan fingerprint density at radius 1 is 0.929 bits per heavy atom. The maximum Gasteiger partial charge on any atom is 0.197 e. The number of carbonyl (C=O) groups excluding carboxylic acids is 1. The summed E-state index contributed by atoms with van der Waals surface area (Å²) in [5.41, 5.74) is 0. The molecule has 84 valence electrons. The van der Waals surface area contributed by atoms with Crippen molar-refractivity contribution in [3.63, 3.8) is 0 Å². The van der Waals surface area contributed by atoms with Crippen LogP contribution in [0.15, 0.2) is 0 Å². The molecular formula is C7H16O5P2. The first-order valence-electron chi connectivity index (χ1n) is 4.01. The monoisotopic (exact) mass is 242 g/mol. The Balaban J connectivity index is 3.79. The number of carbonyl (C=O) groups is 1. The van der Waals surface area contributed by atoms with E-state index in [4.69, 9.17) is 9.05 Å². The first-order valence-corrected chi connectivity index (χ1v) is 9.05. The third-order valence-electron chi connectivity index (χ3n) is 1.07. The van der Waals surface area contributed by atoms with E-state index in [0.717, 1.165) is 0 Å². The van der Waals surface area contributed by atoms with Gasteiger partial charge in [0.25, 0.3) is 0 Å². The number of Topliss-reactive ketones (excluding diaryl/α,β-unsaturated/α-hetero) is 1. The quantitative estimate of drug-likeness (QED) is 0.662. The number of hydrogen-bond donors (Lipinski definition) is 0. The minimum atomic E-state index is -2.63. The van der Waals surface area contributed by atoms with Crippen LogP contribution in [0.1, 0.15) is 0 Å². The molecule has 0 aromatic rings. The molecular weight excluding hydrogens is 226 g/mol. The summed E-state index contributed by atoms with van der Waals surface area (Å²) in [6.07, 6.45) is 0. The second-order valence-corrected chi connectivity index (χ2v) is 9.11. The minimum Gasteiger partial charge on any atom is -0.321 e. The summed E-state index contributed by atoms with van der Waals surface area (Å²) in [4.78, 5) is 11.0. The normalized spacial score (nSPS) is 12.9. The van der Waals surface area contributed by atoms with Gasteiger partial charge in [-0.05, 0) is 0 Å². The molecule has 0 aromatic heterocycles. The van der Waals surface area contributed by atoms with Gasteiger partial charge in [0.1, 0.15) is 13.2 Å². The molecule has 0 fully saturated rings. The van der Waals surface area contributed by atoms with Gasteiger partial charge >= 0.3 is 0 Å². The van der Waals surface area contributed by atoms with E-state index in [1.807, 2.05) is 0 Å². The van der Waals surface area contributed by atoms with Gasteiger partial charge in [-0.25, -0.2) is 0 Å². The van der Waals surface area contributed by atoms with Crippen molar-refractivity contribution in [2.24, 2.45) is 0 Å². The average Bonchev–Trinajstić information content (AvgIpc) is 1.94. The molecule has 0 radical (unpaired) electrons. The summed E-state index contributed by atoms with van der Waals surface area (Å²) in [5, 5.41) is 0. The summed E-state index contributed by atoms with van der Waals surface area (Å²) in [6, 6.07) is 0. The van der Waals surface area contributed by atoms with E-state index < -0.39 is 14.7 Å². The fraction of sp³-hybridized carbons (Fsp3) is 0.857. The summed E-state index contributed by atoms with van der Waals surface area (Å²) in [5.74, 6) is -0.363. The van der Waals surface area contributed by atoms with Crippen molar-refractivity contribution < 1.29 is 23.0 Å². The largest absolute Gasteiger partial charge is 0.321 e. The third-order valence-corrected chi connectivity index (χ3v) is 2.57. The van der Waals surface area contributed by atoms with E-state index in [2.05, 4.69) is 0 Å². The maximum atomic E-state index is 11.1. The molecule has 0 N–H and O–H groups in total. The van der Waals surface area contributed by atoms with E-state index in [1.54, 1.807) is 0 Å². The molecule has 0 spiro atoms. The lowest BCUT2D eigenvalue weighted by Crippen LogP contribution is -2.13. The van der Waals surface area contributed by atoms with Crippen LogP contribution in [-0.4, -0.2) is 45.7 Å². The van der Waals surface area contributed by atoms with Crippen molar-refractivity contribution in [3.8, 4) is 0 Å². The van der Waals surface area contributed by atoms with Gasteiger partial charge in [0, 0.05) is 26.7 Å². The Bertz CT molecular complexity index is 258. The molecule has 0 aromatic carbocycles. The number of hydrogen-bond acceptors (Lipinski definition) is 5. The molecule has 0 bridgehead atoms. The summed E-state index contributed by atoms with van der Waals surface area (Å²) in [7, 11) is -5.26. The highest BCUT2D eigenvalue weighted by atomic mass is 31.2. The van der Waals surface area contributed by atoms with Gasteiger partial charge in [0.2, 0.25) is 0 Å². The van der Waals surface area contributed by atoms with E-state index in [1.165, 1.54) is 26.7 Å². The standard InChI is InChI=1S/C7H16O5P2/c1-13(2,9)11-5-7(8)6-12-14(3,4)10/h5-6H2,1-4H3. The Morgan fingerprint density at radius 2 is 1.21 bits per heavy atom. The third kappa shape index (κ3) is 10.1. The van der Waals surface area contributed by atoms with Crippen molar-refractivity contribution in [2.75, 3.05) is 39.9 Å². The van der Waals surface area contributed by atoms with Gasteiger partial charge < -0.3 is 9.05 Å². The van der Waals surface area contributed by atoms with Crippen LogP contribution in [0.3, 0.4) is 0 Å². The predicted octanol–water partition coefficient (Wildman–Crippen LogP) is 1.66. The molecule has 0 amide bonds. The molecule has 0 atom stereocenters. The Hall–Kier alpha value is 0.0500. The van der Waals surface area contributed by atoms with Crippen LogP contribution >= 0.6 is 14.7 Å². The highest BCUT2D eigenvalue weighted by Crippen LogP contribution is 2.38. The van der Waals surface area contributed by atoms with Crippen LogP contribution in [0, 0.1) is 0 Å². The second kappa shape index (κ2) is 5.22. The molecule has 0 heterocycles. The molecule has 0 saturated carbocycles. The molecule has 0 aliphatic rings. The molecule has 0 aliphatic heterocycles. The molecule has 7 heteroatoms. The molecule has 14 heavy (non-hydrogen) atoms. The fourth-order valence-corrected chi connectivity index (χ4v) is 1.41. The smallest absolute Gasteiger partial charge is 0.197 e.